The van der Waals surface area contributed by atoms with E-state index in [1.54, 1.807) is 0 Å². The van der Waals surface area contributed by atoms with E-state index in [0.717, 1.165) is 18.5 Å². The molecule has 1 N–H and O–H groups in total. The minimum atomic E-state index is 0.438. The van der Waals surface area contributed by atoms with Crippen LogP contribution in [0.15, 0.2) is 18.2 Å². The maximum absolute atomic E-state index is 3.51. The molecule has 1 aromatic rings. The quantitative estimate of drug-likeness (QED) is 0.893. The molecule has 1 aliphatic heterocycles. The first kappa shape index (κ1) is 14.5. The number of benzene rings is 1. The Hall–Kier alpha value is -0.860. The van der Waals surface area contributed by atoms with Gasteiger partial charge >= 0.3 is 0 Å². The van der Waals surface area contributed by atoms with Crippen LogP contribution in [0.25, 0.3) is 0 Å². The molecular formula is C17H28N2. The summed E-state index contributed by atoms with van der Waals surface area (Å²) < 4.78 is 0. The summed E-state index contributed by atoms with van der Waals surface area (Å²) >= 11 is 0. The smallest absolute Gasteiger partial charge is 0.0449 e. The molecule has 0 saturated carbocycles. The van der Waals surface area contributed by atoms with E-state index >= 15 is 0 Å². The van der Waals surface area contributed by atoms with E-state index in [1.165, 1.54) is 29.7 Å². The number of nitrogens with one attached hydrogen (secondary N) is 1. The van der Waals surface area contributed by atoms with Crippen molar-refractivity contribution >= 4 is 0 Å². The summed E-state index contributed by atoms with van der Waals surface area (Å²) in [6.45, 7) is 11.5. The molecule has 2 rings (SSSR count). The van der Waals surface area contributed by atoms with E-state index in [9.17, 15) is 0 Å². The predicted octanol–water partition coefficient (Wildman–Crippen LogP) is 3.29. The number of nitrogens with zero attached hydrogens (tertiary/aromatic N) is 1. The largest absolute Gasteiger partial charge is 0.312 e. The van der Waals surface area contributed by atoms with Crippen molar-refractivity contribution in [1.82, 2.24) is 10.2 Å². The van der Waals surface area contributed by atoms with E-state index in [2.05, 4.69) is 63.2 Å². The van der Waals surface area contributed by atoms with Crippen molar-refractivity contribution in [2.75, 3.05) is 20.1 Å². The fourth-order valence-corrected chi connectivity index (χ4v) is 3.36. The molecule has 1 saturated heterocycles. The van der Waals surface area contributed by atoms with Crippen molar-refractivity contribution in [2.45, 2.75) is 46.2 Å². The minimum absolute atomic E-state index is 0.438. The molecule has 1 heterocycles. The Labute approximate surface area is 118 Å². The summed E-state index contributed by atoms with van der Waals surface area (Å²) in [4.78, 5) is 2.63. The molecule has 19 heavy (non-hydrogen) atoms. The normalized spacial score (nSPS) is 25.7. The fourth-order valence-electron chi connectivity index (χ4n) is 3.36. The van der Waals surface area contributed by atoms with Gasteiger partial charge in [-0.2, -0.15) is 0 Å². The zero-order valence-electron chi connectivity index (χ0n) is 13.0. The van der Waals surface area contributed by atoms with E-state index in [-0.39, 0.29) is 0 Å². The number of likely N-dealkylation sites (tertiary alicyclic amines) is 1. The highest BCUT2D eigenvalue weighted by atomic mass is 15.2. The van der Waals surface area contributed by atoms with Crippen LogP contribution in [0, 0.1) is 19.8 Å². The van der Waals surface area contributed by atoms with Crippen LogP contribution < -0.4 is 5.32 Å². The van der Waals surface area contributed by atoms with Crippen molar-refractivity contribution in [3.63, 3.8) is 0 Å². The van der Waals surface area contributed by atoms with E-state index in [1.807, 2.05) is 0 Å². The molecule has 0 bridgehead atoms. The summed E-state index contributed by atoms with van der Waals surface area (Å²) in [5.41, 5.74) is 4.20. The van der Waals surface area contributed by atoms with Crippen molar-refractivity contribution in [1.29, 1.82) is 0 Å². The van der Waals surface area contributed by atoms with Crippen LogP contribution in [0.3, 0.4) is 0 Å². The number of hydrogen-bond acceptors (Lipinski definition) is 2. The molecule has 1 fully saturated rings. The second kappa shape index (κ2) is 6.06. The lowest BCUT2D eigenvalue weighted by atomic mass is 9.98. The molecule has 0 spiro atoms. The summed E-state index contributed by atoms with van der Waals surface area (Å²) in [6.07, 6.45) is 1.34. The first-order valence-corrected chi connectivity index (χ1v) is 7.49. The van der Waals surface area contributed by atoms with Crippen molar-refractivity contribution in [2.24, 2.45) is 5.92 Å². The molecule has 2 heteroatoms. The lowest BCUT2D eigenvalue weighted by Crippen LogP contribution is -2.36. The molecule has 1 aliphatic rings. The highest BCUT2D eigenvalue weighted by Crippen LogP contribution is 2.26. The number of likely N-dealkylation sites (N-methyl/N-ethyl adjacent to an activating group) is 1. The Morgan fingerprint density at radius 3 is 2.63 bits per heavy atom. The minimum Gasteiger partial charge on any atom is -0.312 e. The molecule has 106 valence electrons. The second-order valence-electron chi connectivity index (χ2n) is 6.35. The highest BCUT2D eigenvalue weighted by Gasteiger charge is 2.28. The van der Waals surface area contributed by atoms with Crippen LogP contribution in [-0.2, 0) is 0 Å². The van der Waals surface area contributed by atoms with Crippen LogP contribution in [0.5, 0.6) is 0 Å². The molecule has 1 aromatic carbocycles. The predicted molar refractivity (Wildman–Crippen MR) is 82.5 cm³/mol. The summed E-state index contributed by atoms with van der Waals surface area (Å²) in [6, 6.07) is 7.93. The molecule has 2 nitrogen and oxygen atoms in total. The lowest BCUT2D eigenvalue weighted by molar-refractivity contribution is 0.238. The number of rotatable bonds is 4. The van der Waals surface area contributed by atoms with Crippen molar-refractivity contribution < 1.29 is 0 Å². The third-order valence-corrected chi connectivity index (χ3v) is 4.49. The first-order valence-electron chi connectivity index (χ1n) is 7.49. The summed E-state index contributed by atoms with van der Waals surface area (Å²) in [5, 5.41) is 3.51. The zero-order chi connectivity index (χ0) is 14.0. The van der Waals surface area contributed by atoms with Gasteiger partial charge in [0.2, 0.25) is 0 Å². The fraction of sp³-hybridized carbons (Fsp3) is 0.647. The second-order valence-corrected chi connectivity index (χ2v) is 6.35. The third-order valence-electron chi connectivity index (χ3n) is 4.49. The van der Waals surface area contributed by atoms with Gasteiger partial charge in [-0.05, 0) is 51.3 Å². The SMILES string of the molecule is CNC(CN1CC(C)CC1C)c1cc(C)ccc1C. The van der Waals surface area contributed by atoms with E-state index in [4.69, 9.17) is 0 Å². The summed E-state index contributed by atoms with van der Waals surface area (Å²) in [5.74, 6) is 0.839. The van der Waals surface area contributed by atoms with Gasteiger partial charge in [-0.15, -0.1) is 0 Å². The van der Waals surface area contributed by atoms with E-state index in [0.29, 0.717) is 6.04 Å². The van der Waals surface area contributed by atoms with Gasteiger partial charge < -0.3 is 5.32 Å². The number of aryl methyl sites for hydroxylation is 2. The maximum atomic E-state index is 3.51. The van der Waals surface area contributed by atoms with Gasteiger partial charge in [0.05, 0.1) is 0 Å². The Balaban J connectivity index is 2.14. The number of hydrogen-bond donors (Lipinski definition) is 1. The molecule has 3 atom stereocenters. The van der Waals surface area contributed by atoms with Crippen LogP contribution >= 0.6 is 0 Å². The lowest BCUT2D eigenvalue weighted by Gasteiger charge is -2.28. The van der Waals surface area contributed by atoms with E-state index < -0.39 is 0 Å². The van der Waals surface area contributed by atoms with Gasteiger partial charge in [0.1, 0.15) is 0 Å². The van der Waals surface area contributed by atoms with Gasteiger partial charge in [-0.3, -0.25) is 4.90 Å². The van der Waals surface area contributed by atoms with Crippen molar-refractivity contribution in [3.05, 3.63) is 34.9 Å². The van der Waals surface area contributed by atoms with Gasteiger partial charge in [0.15, 0.2) is 0 Å². The van der Waals surface area contributed by atoms with Gasteiger partial charge in [-0.1, -0.05) is 30.7 Å². The topological polar surface area (TPSA) is 15.3 Å². The summed E-state index contributed by atoms with van der Waals surface area (Å²) in [7, 11) is 2.08. The van der Waals surface area contributed by atoms with Crippen molar-refractivity contribution in [3.8, 4) is 0 Å². The average molecular weight is 260 g/mol. The van der Waals surface area contributed by atoms with Crippen LogP contribution in [-0.4, -0.2) is 31.1 Å². The molecule has 0 aliphatic carbocycles. The average Bonchev–Trinajstić information content (AvgIpc) is 2.68. The Morgan fingerprint density at radius 2 is 2.05 bits per heavy atom. The highest BCUT2D eigenvalue weighted by molar-refractivity contribution is 5.33. The molecule has 0 radical (unpaired) electrons. The molecule has 3 unspecified atom stereocenters. The van der Waals surface area contributed by atoms with Gasteiger partial charge in [0, 0.05) is 25.2 Å². The molecular weight excluding hydrogens is 232 g/mol. The van der Waals surface area contributed by atoms with Crippen LogP contribution in [0.4, 0.5) is 0 Å². The van der Waals surface area contributed by atoms with Gasteiger partial charge in [-0.25, -0.2) is 0 Å². The first-order chi connectivity index (χ1) is 9.01. The Bertz CT molecular complexity index is 427. The monoisotopic (exact) mass is 260 g/mol. The molecule has 0 amide bonds. The van der Waals surface area contributed by atoms with Crippen LogP contribution in [0.1, 0.15) is 43.0 Å². The zero-order valence-corrected chi connectivity index (χ0v) is 13.0. The molecule has 0 aromatic heterocycles. The maximum Gasteiger partial charge on any atom is 0.0449 e. The van der Waals surface area contributed by atoms with Gasteiger partial charge in [0.25, 0.3) is 0 Å². The Morgan fingerprint density at radius 1 is 1.32 bits per heavy atom. The third kappa shape index (κ3) is 3.37. The van der Waals surface area contributed by atoms with Crippen LogP contribution in [0.2, 0.25) is 0 Å². The Kier molecular flexibility index (Phi) is 4.64. The standard InChI is InChI=1S/C17H28N2/c1-12-6-7-14(3)16(9-12)17(18-5)11-19-10-13(2)8-15(19)4/h6-7,9,13,15,17-18H,8,10-11H2,1-5H3.